The quantitative estimate of drug-likeness (QED) is 0.856. The third-order valence-corrected chi connectivity index (χ3v) is 3.50. The summed E-state index contributed by atoms with van der Waals surface area (Å²) in [6, 6.07) is 4.19. The minimum atomic E-state index is 0.819. The first-order chi connectivity index (χ1) is 8.33. The number of aryl methyl sites for hydroxylation is 1. The lowest BCUT2D eigenvalue weighted by Gasteiger charge is -2.32. The second-order valence-electron chi connectivity index (χ2n) is 4.72. The summed E-state index contributed by atoms with van der Waals surface area (Å²) in [7, 11) is 2.03. The van der Waals surface area contributed by atoms with Gasteiger partial charge >= 0.3 is 0 Å². The molecule has 1 aromatic rings. The molecule has 2 heterocycles. The Bertz CT molecular complexity index is 328. The fraction of sp³-hybridized carbons (Fsp3) is 0.692. The van der Waals surface area contributed by atoms with E-state index in [1.165, 1.54) is 12.8 Å². The maximum Gasteiger partial charge on any atom is 0.151 e. The Hall–Kier alpha value is -1.16. The van der Waals surface area contributed by atoms with Gasteiger partial charge in [-0.1, -0.05) is 6.92 Å². The number of nitrogens with one attached hydrogen (secondary N) is 1. The molecule has 1 N–H and O–H groups in total. The fourth-order valence-electron chi connectivity index (χ4n) is 2.36. The second kappa shape index (κ2) is 5.96. The van der Waals surface area contributed by atoms with E-state index in [9.17, 15) is 0 Å². The van der Waals surface area contributed by atoms with Gasteiger partial charge in [0.1, 0.15) is 0 Å². The van der Waals surface area contributed by atoms with Crippen molar-refractivity contribution in [1.29, 1.82) is 0 Å². The highest BCUT2D eigenvalue weighted by atomic mass is 15.3. The lowest BCUT2D eigenvalue weighted by Crippen LogP contribution is -2.37. The molecule has 1 aliphatic heterocycles. The van der Waals surface area contributed by atoms with Gasteiger partial charge in [0.25, 0.3) is 0 Å². The van der Waals surface area contributed by atoms with Gasteiger partial charge in [-0.15, -0.1) is 5.10 Å². The summed E-state index contributed by atoms with van der Waals surface area (Å²) in [5.74, 6) is 1.85. The molecule has 0 saturated carbocycles. The van der Waals surface area contributed by atoms with Crippen molar-refractivity contribution < 1.29 is 0 Å². The Morgan fingerprint density at radius 3 is 2.59 bits per heavy atom. The number of piperidine rings is 1. The predicted molar refractivity (Wildman–Crippen MR) is 70.3 cm³/mol. The molecular formula is C13H22N4. The van der Waals surface area contributed by atoms with Crippen LogP contribution in [0.3, 0.4) is 0 Å². The molecule has 2 rings (SSSR count). The van der Waals surface area contributed by atoms with E-state index >= 15 is 0 Å². The van der Waals surface area contributed by atoms with E-state index in [2.05, 4.69) is 39.5 Å². The monoisotopic (exact) mass is 234 g/mol. The van der Waals surface area contributed by atoms with Gasteiger partial charge in [0.2, 0.25) is 0 Å². The number of nitrogens with zero attached hydrogens (tertiary/aromatic N) is 3. The first-order valence-corrected chi connectivity index (χ1v) is 6.55. The summed E-state index contributed by atoms with van der Waals surface area (Å²) in [5.41, 5.74) is 1.07. The summed E-state index contributed by atoms with van der Waals surface area (Å²) in [6.45, 7) is 5.44. The van der Waals surface area contributed by atoms with Crippen LogP contribution in [0.25, 0.3) is 0 Å². The van der Waals surface area contributed by atoms with Gasteiger partial charge in [-0.3, -0.25) is 0 Å². The summed E-state index contributed by atoms with van der Waals surface area (Å²) >= 11 is 0. The van der Waals surface area contributed by atoms with E-state index in [1.807, 2.05) is 7.05 Å². The third-order valence-electron chi connectivity index (χ3n) is 3.50. The largest absolute Gasteiger partial charge is 0.355 e. The van der Waals surface area contributed by atoms with Crippen molar-refractivity contribution in [3.05, 3.63) is 17.8 Å². The first-order valence-electron chi connectivity index (χ1n) is 6.55. The van der Waals surface area contributed by atoms with Crippen LogP contribution in [0.5, 0.6) is 0 Å². The molecule has 94 valence electrons. The highest BCUT2D eigenvalue weighted by Crippen LogP contribution is 2.20. The lowest BCUT2D eigenvalue weighted by molar-refractivity contribution is 0.392. The van der Waals surface area contributed by atoms with Crippen LogP contribution in [0.4, 0.5) is 5.82 Å². The minimum absolute atomic E-state index is 0.819. The number of aromatic nitrogens is 2. The molecule has 0 aliphatic carbocycles. The Morgan fingerprint density at radius 2 is 2.06 bits per heavy atom. The van der Waals surface area contributed by atoms with Crippen molar-refractivity contribution in [1.82, 2.24) is 15.5 Å². The molecule has 1 aliphatic rings. The molecule has 0 unspecified atom stereocenters. The molecule has 0 spiro atoms. The molecule has 1 aromatic heterocycles. The molecule has 0 atom stereocenters. The molecule has 0 bridgehead atoms. The van der Waals surface area contributed by atoms with Gasteiger partial charge in [0.05, 0.1) is 5.69 Å². The van der Waals surface area contributed by atoms with Crippen molar-refractivity contribution in [2.75, 3.05) is 31.6 Å². The van der Waals surface area contributed by atoms with Crippen molar-refractivity contribution in [2.24, 2.45) is 5.92 Å². The van der Waals surface area contributed by atoms with Gasteiger partial charge in [-0.2, -0.15) is 5.10 Å². The van der Waals surface area contributed by atoms with E-state index in [1.54, 1.807) is 0 Å². The molecule has 17 heavy (non-hydrogen) atoms. The van der Waals surface area contributed by atoms with Crippen molar-refractivity contribution >= 4 is 5.82 Å². The summed E-state index contributed by atoms with van der Waals surface area (Å²) in [5, 5.41) is 11.8. The molecule has 4 nitrogen and oxygen atoms in total. The zero-order valence-electron chi connectivity index (χ0n) is 10.8. The maximum atomic E-state index is 4.30. The first kappa shape index (κ1) is 12.3. The van der Waals surface area contributed by atoms with Crippen LogP contribution in [-0.2, 0) is 6.42 Å². The molecule has 0 radical (unpaired) electrons. The predicted octanol–water partition coefficient (Wildman–Crippen LogP) is 1.47. The number of rotatable bonds is 4. The lowest BCUT2D eigenvalue weighted by atomic mass is 9.97. The van der Waals surface area contributed by atoms with Crippen molar-refractivity contribution in [3.63, 3.8) is 0 Å². The van der Waals surface area contributed by atoms with E-state index < -0.39 is 0 Å². The average Bonchev–Trinajstić information content (AvgIpc) is 2.40. The van der Waals surface area contributed by atoms with E-state index in [-0.39, 0.29) is 0 Å². The van der Waals surface area contributed by atoms with Gasteiger partial charge in [-0.05, 0) is 50.9 Å². The Balaban J connectivity index is 1.91. The smallest absolute Gasteiger partial charge is 0.151 e. The highest BCUT2D eigenvalue weighted by molar-refractivity contribution is 5.37. The van der Waals surface area contributed by atoms with Crippen LogP contribution in [0.15, 0.2) is 12.1 Å². The summed E-state index contributed by atoms with van der Waals surface area (Å²) < 4.78 is 0. The maximum absolute atomic E-state index is 4.30. The SMILES string of the molecule is CCc1ccc(N2CCC(CNC)CC2)nn1. The molecular weight excluding hydrogens is 212 g/mol. The van der Waals surface area contributed by atoms with Gasteiger partial charge in [0.15, 0.2) is 5.82 Å². The van der Waals surface area contributed by atoms with Gasteiger partial charge < -0.3 is 10.2 Å². The standard InChI is InChI=1S/C13H22N4/c1-3-12-4-5-13(16-15-12)17-8-6-11(7-9-17)10-14-2/h4-5,11,14H,3,6-10H2,1-2H3. The zero-order chi connectivity index (χ0) is 12.1. The van der Waals surface area contributed by atoms with E-state index in [0.29, 0.717) is 0 Å². The van der Waals surface area contributed by atoms with Crippen LogP contribution in [-0.4, -0.2) is 36.9 Å². The Kier molecular flexibility index (Phi) is 4.31. The molecule has 0 aromatic carbocycles. The summed E-state index contributed by atoms with van der Waals surface area (Å²) in [4.78, 5) is 2.35. The van der Waals surface area contributed by atoms with E-state index in [4.69, 9.17) is 0 Å². The van der Waals surface area contributed by atoms with Gasteiger partial charge in [0, 0.05) is 13.1 Å². The van der Waals surface area contributed by atoms with E-state index in [0.717, 1.165) is 43.5 Å². The second-order valence-corrected chi connectivity index (χ2v) is 4.72. The fourth-order valence-corrected chi connectivity index (χ4v) is 2.36. The Labute approximate surface area is 103 Å². The number of hydrogen-bond acceptors (Lipinski definition) is 4. The van der Waals surface area contributed by atoms with Crippen LogP contribution < -0.4 is 10.2 Å². The molecule has 0 amide bonds. The van der Waals surface area contributed by atoms with Crippen LogP contribution >= 0.6 is 0 Å². The van der Waals surface area contributed by atoms with Crippen LogP contribution in [0.1, 0.15) is 25.5 Å². The molecule has 4 heteroatoms. The molecule has 1 saturated heterocycles. The van der Waals surface area contributed by atoms with Crippen molar-refractivity contribution in [2.45, 2.75) is 26.2 Å². The topological polar surface area (TPSA) is 41.0 Å². The van der Waals surface area contributed by atoms with Gasteiger partial charge in [-0.25, -0.2) is 0 Å². The normalized spacial score (nSPS) is 17.4. The minimum Gasteiger partial charge on any atom is -0.355 e. The zero-order valence-corrected chi connectivity index (χ0v) is 10.8. The van der Waals surface area contributed by atoms with Crippen LogP contribution in [0.2, 0.25) is 0 Å². The third kappa shape index (κ3) is 3.16. The highest BCUT2D eigenvalue weighted by Gasteiger charge is 2.19. The number of hydrogen-bond donors (Lipinski definition) is 1. The van der Waals surface area contributed by atoms with Crippen molar-refractivity contribution in [3.8, 4) is 0 Å². The Morgan fingerprint density at radius 1 is 1.29 bits per heavy atom. The average molecular weight is 234 g/mol. The summed E-state index contributed by atoms with van der Waals surface area (Å²) in [6.07, 6.45) is 3.45. The number of anilines is 1. The molecule has 1 fully saturated rings. The van der Waals surface area contributed by atoms with Crippen LogP contribution in [0, 0.1) is 5.92 Å².